The highest BCUT2D eigenvalue weighted by atomic mass is 32.1. The van der Waals surface area contributed by atoms with E-state index in [1.165, 1.54) is 6.26 Å². The van der Waals surface area contributed by atoms with E-state index >= 15 is 0 Å². The molecule has 1 fully saturated rings. The predicted molar refractivity (Wildman–Crippen MR) is 82.3 cm³/mol. The van der Waals surface area contributed by atoms with Crippen molar-refractivity contribution in [2.75, 3.05) is 6.54 Å². The van der Waals surface area contributed by atoms with Crippen LogP contribution in [-0.2, 0) is 0 Å². The van der Waals surface area contributed by atoms with Crippen molar-refractivity contribution in [3.8, 4) is 11.5 Å². The molecule has 0 radical (unpaired) electrons. The van der Waals surface area contributed by atoms with Crippen molar-refractivity contribution < 1.29 is 9.21 Å². The van der Waals surface area contributed by atoms with Gasteiger partial charge in [-0.2, -0.15) is 0 Å². The van der Waals surface area contributed by atoms with Gasteiger partial charge in [0.2, 0.25) is 0 Å². The number of amides is 1. The van der Waals surface area contributed by atoms with Crippen molar-refractivity contribution in [1.82, 2.24) is 9.88 Å². The van der Waals surface area contributed by atoms with Crippen molar-refractivity contribution in [2.24, 2.45) is 5.73 Å². The number of nitrogens with two attached hydrogens (primary N) is 1. The largest absolute Gasteiger partial charge is 0.462 e. The van der Waals surface area contributed by atoms with E-state index in [4.69, 9.17) is 10.2 Å². The van der Waals surface area contributed by atoms with Gasteiger partial charge in [0.25, 0.3) is 5.91 Å². The number of furan rings is 1. The summed E-state index contributed by atoms with van der Waals surface area (Å²) >= 11 is 1.57. The van der Waals surface area contributed by atoms with Gasteiger partial charge in [0.05, 0.1) is 10.6 Å². The van der Waals surface area contributed by atoms with Gasteiger partial charge in [0.15, 0.2) is 5.76 Å². The average molecular weight is 305 g/mol. The van der Waals surface area contributed by atoms with Crippen molar-refractivity contribution >= 4 is 17.2 Å². The highest BCUT2D eigenvalue weighted by molar-refractivity contribution is 7.09. The molecule has 0 aromatic carbocycles. The fourth-order valence-corrected chi connectivity index (χ4v) is 3.34. The first-order valence-corrected chi connectivity index (χ1v) is 8.00. The van der Waals surface area contributed by atoms with E-state index < -0.39 is 0 Å². The zero-order valence-electron chi connectivity index (χ0n) is 12.2. The Hall–Kier alpha value is -1.66. The quantitative estimate of drug-likeness (QED) is 0.926. The summed E-state index contributed by atoms with van der Waals surface area (Å²) in [4.78, 5) is 18.8. The molecule has 3 heterocycles. The summed E-state index contributed by atoms with van der Waals surface area (Å²) in [7, 11) is 0. The molecule has 5 nitrogen and oxygen atoms in total. The molecule has 0 unspecified atom stereocenters. The van der Waals surface area contributed by atoms with Crippen molar-refractivity contribution in [1.29, 1.82) is 0 Å². The Morgan fingerprint density at radius 1 is 1.57 bits per heavy atom. The van der Waals surface area contributed by atoms with Crippen LogP contribution in [0.15, 0.2) is 22.1 Å². The number of carbonyl (C=O) groups is 1. The fourth-order valence-electron chi connectivity index (χ4n) is 2.74. The molecule has 1 amide bonds. The van der Waals surface area contributed by atoms with Gasteiger partial charge in [-0.05, 0) is 32.8 Å². The molecule has 112 valence electrons. The van der Waals surface area contributed by atoms with Gasteiger partial charge in [-0.3, -0.25) is 4.79 Å². The molecule has 0 bridgehead atoms. The molecule has 0 aliphatic carbocycles. The molecule has 0 saturated carbocycles. The van der Waals surface area contributed by atoms with Gasteiger partial charge < -0.3 is 15.1 Å². The van der Waals surface area contributed by atoms with Gasteiger partial charge in [-0.1, -0.05) is 0 Å². The lowest BCUT2D eigenvalue weighted by molar-refractivity contribution is 0.0618. The number of likely N-dealkylation sites (tertiary alicyclic amines) is 1. The minimum atomic E-state index is 0.0105. The van der Waals surface area contributed by atoms with Gasteiger partial charge >= 0.3 is 0 Å². The minimum absolute atomic E-state index is 0.0105. The molecule has 2 N–H and O–H groups in total. The predicted octanol–water partition coefficient (Wildman–Crippen LogP) is 2.66. The first-order valence-electron chi connectivity index (χ1n) is 7.12. The normalized spacial score (nSPS) is 22.5. The molecule has 2 aromatic rings. The highest BCUT2D eigenvalue weighted by Crippen LogP contribution is 2.26. The Balaban J connectivity index is 1.78. The van der Waals surface area contributed by atoms with Gasteiger partial charge in [0, 0.05) is 24.0 Å². The van der Waals surface area contributed by atoms with Crippen LogP contribution in [0.1, 0.15) is 35.1 Å². The van der Waals surface area contributed by atoms with E-state index in [2.05, 4.69) is 4.98 Å². The SMILES string of the molecule is Cc1nc(-c2cc(C(=O)N3CC[C@@H](N)C[C@@H]3C)co2)cs1. The van der Waals surface area contributed by atoms with Crippen molar-refractivity contribution in [3.05, 3.63) is 28.3 Å². The molecule has 2 atom stereocenters. The monoisotopic (exact) mass is 305 g/mol. The Labute approximate surface area is 127 Å². The van der Waals surface area contributed by atoms with E-state index in [0.717, 1.165) is 23.5 Å². The Morgan fingerprint density at radius 2 is 2.38 bits per heavy atom. The first kappa shape index (κ1) is 14.3. The van der Waals surface area contributed by atoms with Crippen LogP contribution in [0.25, 0.3) is 11.5 Å². The van der Waals surface area contributed by atoms with Crippen molar-refractivity contribution in [3.63, 3.8) is 0 Å². The second kappa shape index (κ2) is 5.61. The number of hydrogen-bond donors (Lipinski definition) is 1. The summed E-state index contributed by atoms with van der Waals surface area (Å²) in [6.45, 7) is 4.70. The molecule has 6 heteroatoms. The van der Waals surface area contributed by atoms with Gasteiger partial charge in [-0.25, -0.2) is 4.98 Å². The Kier molecular flexibility index (Phi) is 3.82. The Morgan fingerprint density at radius 3 is 3.05 bits per heavy atom. The number of rotatable bonds is 2. The number of aromatic nitrogens is 1. The zero-order chi connectivity index (χ0) is 15.0. The topological polar surface area (TPSA) is 72.4 Å². The second-order valence-corrected chi connectivity index (χ2v) is 6.65. The zero-order valence-corrected chi connectivity index (χ0v) is 13.0. The first-order chi connectivity index (χ1) is 10.0. The maximum absolute atomic E-state index is 12.6. The summed E-state index contributed by atoms with van der Waals surface area (Å²) in [6.07, 6.45) is 3.22. The van der Waals surface area contributed by atoms with Gasteiger partial charge in [-0.15, -0.1) is 11.3 Å². The number of aryl methyl sites for hydroxylation is 1. The van der Waals surface area contributed by atoms with Crippen LogP contribution >= 0.6 is 11.3 Å². The molecular weight excluding hydrogens is 286 g/mol. The summed E-state index contributed by atoms with van der Waals surface area (Å²) in [5.41, 5.74) is 7.31. The maximum atomic E-state index is 12.6. The highest BCUT2D eigenvalue weighted by Gasteiger charge is 2.28. The van der Waals surface area contributed by atoms with Crippen LogP contribution in [-0.4, -0.2) is 34.4 Å². The van der Waals surface area contributed by atoms with Crippen LogP contribution in [0.4, 0.5) is 0 Å². The van der Waals surface area contributed by atoms with Crippen LogP contribution in [0.5, 0.6) is 0 Å². The minimum Gasteiger partial charge on any atom is -0.462 e. The molecule has 1 aliphatic heterocycles. The molecule has 2 aromatic heterocycles. The molecule has 1 aliphatic rings. The third kappa shape index (κ3) is 2.87. The third-order valence-corrected chi connectivity index (χ3v) is 4.67. The summed E-state index contributed by atoms with van der Waals surface area (Å²) in [5, 5.41) is 2.92. The van der Waals surface area contributed by atoms with E-state index in [0.29, 0.717) is 17.9 Å². The Bertz CT molecular complexity index is 649. The van der Waals surface area contributed by atoms with Crippen LogP contribution in [0.3, 0.4) is 0 Å². The van der Waals surface area contributed by atoms with Crippen LogP contribution in [0, 0.1) is 6.92 Å². The lowest BCUT2D eigenvalue weighted by atomic mass is 9.98. The third-order valence-electron chi connectivity index (χ3n) is 3.90. The number of carbonyl (C=O) groups excluding carboxylic acids is 1. The standard InChI is InChI=1S/C15H19N3O2S/c1-9-5-12(16)3-4-18(9)15(19)11-6-14(20-7-11)13-8-21-10(2)17-13/h6-9,12H,3-5,16H2,1-2H3/t9-,12+/m0/s1. The summed E-state index contributed by atoms with van der Waals surface area (Å²) in [6, 6.07) is 2.14. The van der Waals surface area contributed by atoms with Crippen LogP contribution < -0.4 is 5.73 Å². The molecule has 3 rings (SSSR count). The van der Waals surface area contributed by atoms with E-state index in [-0.39, 0.29) is 18.0 Å². The second-order valence-electron chi connectivity index (χ2n) is 5.58. The lowest BCUT2D eigenvalue weighted by Crippen LogP contribution is -2.48. The average Bonchev–Trinajstić information content (AvgIpc) is 3.06. The fraction of sp³-hybridized carbons (Fsp3) is 0.467. The lowest BCUT2D eigenvalue weighted by Gasteiger charge is -2.36. The number of nitrogens with zero attached hydrogens (tertiary/aromatic N) is 2. The van der Waals surface area contributed by atoms with Crippen LogP contribution in [0.2, 0.25) is 0 Å². The molecular formula is C15H19N3O2S. The maximum Gasteiger partial charge on any atom is 0.257 e. The van der Waals surface area contributed by atoms with Gasteiger partial charge in [0.1, 0.15) is 12.0 Å². The summed E-state index contributed by atoms with van der Waals surface area (Å²) < 4.78 is 5.50. The molecule has 1 saturated heterocycles. The number of thiazole rings is 1. The molecule has 0 spiro atoms. The van der Waals surface area contributed by atoms with E-state index in [1.807, 2.05) is 24.1 Å². The van der Waals surface area contributed by atoms with E-state index in [9.17, 15) is 4.79 Å². The van der Waals surface area contributed by atoms with Crippen molar-refractivity contribution in [2.45, 2.75) is 38.8 Å². The summed E-state index contributed by atoms with van der Waals surface area (Å²) in [5.74, 6) is 0.653. The molecule has 21 heavy (non-hydrogen) atoms. The number of hydrogen-bond acceptors (Lipinski definition) is 5. The van der Waals surface area contributed by atoms with E-state index in [1.54, 1.807) is 17.4 Å². The smallest absolute Gasteiger partial charge is 0.257 e. The number of piperidine rings is 1.